The minimum atomic E-state index is 0. The molecule has 0 amide bonds. The van der Waals surface area contributed by atoms with E-state index in [1.807, 2.05) is 19.3 Å². The standard InChI is InChI=1S/C15H14N5.U/c1-20-13(6-10-4-5-16-8-14(10)20)12-7-17-9-18-15(12)19-11-2-3-11;/h4-6,8-9,11H,2-3H2,1H3,(H,17,18,19);/q-1;. The van der Waals surface area contributed by atoms with Gasteiger partial charge in [0, 0.05) is 62.5 Å². The number of rotatable bonds is 3. The average Bonchev–Trinajstić information content (AvgIpc) is 3.23. The molecule has 6 heteroatoms. The number of anilines is 1. The molecule has 104 valence electrons. The minimum absolute atomic E-state index is 0. The van der Waals surface area contributed by atoms with Crippen LogP contribution in [0, 0.1) is 37.3 Å². The number of fused-ring (bicyclic) bond motifs is 1. The van der Waals surface area contributed by atoms with Crippen LogP contribution in [0.2, 0.25) is 0 Å². The fourth-order valence-corrected chi connectivity index (χ4v) is 2.42. The van der Waals surface area contributed by atoms with Gasteiger partial charge in [0.2, 0.25) is 0 Å². The number of hydrogen-bond donors (Lipinski definition) is 1. The summed E-state index contributed by atoms with van der Waals surface area (Å²) < 4.78 is 2.11. The van der Waals surface area contributed by atoms with Crippen LogP contribution in [0.3, 0.4) is 0 Å². The van der Waals surface area contributed by atoms with Gasteiger partial charge in [-0.2, -0.15) is 0 Å². The summed E-state index contributed by atoms with van der Waals surface area (Å²) in [5.74, 6) is 0.862. The Morgan fingerprint density at radius 3 is 3.00 bits per heavy atom. The zero-order valence-corrected chi connectivity index (χ0v) is 15.8. The van der Waals surface area contributed by atoms with E-state index in [0.29, 0.717) is 6.04 Å². The third-order valence-electron chi connectivity index (χ3n) is 3.68. The predicted molar refractivity (Wildman–Crippen MR) is 77.2 cm³/mol. The van der Waals surface area contributed by atoms with Gasteiger partial charge in [-0.05, 0) is 36.2 Å². The Morgan fingerprint density at radius 2 is 2.24 bits per heavy atom. The number of nitrogens with one attached hydrogen (secondary N) is 1. The van der Waals surface area contributed by atoms with Crippen LogP contribution in [-0.4, -0.2) is 25.6 Å². The molecule has 0 spiro atoms. The van der Waals surface area contributed by atoms with E-state index in [1.165, 1.54) is 12.8 Å². The molecule has 3 aromatic rings. The molecule has 0 saturated heterocycles. The number of aryl methyl sites for hydroxylation is 1. The summed E-state index contributed by atoms with van der Waals surface area (Å²) >= 11 is 0. The Labute approximate surface area is 146 Å². The van der Waals surface area contributed by atoms with Gasteiger partial charge >= 0.3 is 0 Å². The molecule has 0 bridgehead atoms. The van der Waals surface area contributed by atoms with Crippen molar-refractivity contribution in [2.24, 2.45) is 7.05 Å². The molecule has 0 aliphatic heterocycles. The summed E-state index contributed by atoms with van der Waals surface area (Å²) in [5, 5.41) is 4.60. The first-order chi connectivity index (χ1) is 9.83. The Kier molecular flexibility index (Phi) is 4.01. The van der Waals surface area contributed by atoms with Crippen LogP contribution in [0.1, 0.15) is 12.8 Å². The Hall–Kier alpha value is -1.38. The topological polar surface area (TPSA) is 55.6 Å². The summed E-state index contributed by atoms with van der Waals surface area (Å²) in [6.07, 6.45) is 10.7. The fraction of sp³-hybridized carbons (Fsp3) is 0.267. The van der Waals surface area contributed by atoms with E-state index >= 15 is 0 Å². The van der Waals surface area contributed by atoms with E-state index in [-0.39, 0.29) is 31.1 Å². The van der Waals surface area contributed by atoms with Crippen molar-refractivity contribution in [1.82, 2.24) is 19.5 Å². The number of hydrogen-bond acceptors (Lipinski definition) is 4. The van der Waals surface area contributed by atoms with Gasteiger partial charge in [0.1, 0.15) is 0 Å². The van der Waals surface area contributed by atoms with E-state index < -0.39 is 0 Å². The Morgan fingerprint density at radius 1 is 1.38 bits per heavy atom. The van der Waals surface area contributed by atoms with Crippen molar-refractivity contribution < 1.29 is 31.1 Å². The van der Waals surface area contributed by atoms with Crippen LogP contribution in [0.25, 0.3) is 22.2 Å². The summed E-state index contributed by atoms with van der Waals surface area (Å²) in [5.41, 5.74) is 3.06. The van der Waals surface area contributed by atoms with Gasteiger partial charge in [0.05, 0.1) is 11.7 Å². The van der Waals surface area contributed by atoms with E-state index in [2.05, 4.69) is 37.1 Å². The number of pyridine rings is 1. The number of aromatic nitrogens is 4. The fourth-order valence-electron chi connectivity index (χ4n) is 2.42. The van der Waals surface area contributed by atoms with E-state index in [1.54, 1.807) is 12.5 Å². The maximum atomic E-state index is 4.36. The average molecular weight is 502 g/mol. The Bertz CT molecular complexity index is 779. The van der Waals surface area contributed by atoms with Crippen molar-refractivity contribution in [2.75, 3.05) is 5.32 Å². The van der Waals surface area contributed by atoms with Crippen LogP contribution < -0.4 is 5.32 Å². The molecule has 0 aromatic carbocycles. The molecule has 5 nitrogen and oxygen atoms in total. The second-order valence-corrected chi connectivity index (χ2v) is 5.15. The second-order valence-electron chi connectivity index (χ2n) is 5.15. The van der Waals surface area contributed by atoms with Gasteiger partial charge in [0.25, 0.3) is 0 Å². The zero-order valence-electron chi connectivity index (χ0n) is 11.7. The first-order valence-electron chi connectivity index (χ1n) is 6.72. The van der Waals surface area contributed by atoms with Crippen LogP contribution >= 0.6 is 0 Å². The first kappa shape index (κ1) is 14.6. The van der Waals surface area contributed by atoms with Gasteiger partial charge in [-0.25, -0.2) is 0 Å². The summed E-state index contributed by atoms with van der Waals surface area (Å²) in [7, 11) is 2.03. The van der Waals surface area contributed by atoms with Crippen molar-refractivity contribution >= 4 is 16.7 Å². The SMILES string of the molecule is Cn1c(-c2[c-]ncnc2NC2CC2)cc2ccncc21.[U]. The first-order valence-corrected chi connectivity index (χ1v) is 6.72. The molecule has 3 aromatic heterocycles. The monoisotopic (exact) mass is 502 g/mol. The summed E-state index contributed by atoms with van der Waals surface area (Å²) in [4.78, 5) is 12.6. The molecule has 1 aliphatic carbocycles. The van der Waals surface area contributed by atoms with Gasteiger partial charge in [-0.1, -0.05) is 11.6 Å². The summed E-state index contributed by atoms with van der Waals surface area (Å²) in [6.45, 7) is 0. The van der Waals surface area contributed by atoms with Crippen LogP contribution in [0.4, 0.5) is 5.82 Å². The molecule has 21 heavy (non-hydrogen) atoms. The molecular weight excluding hydrogens is 488 g/mol. The van der Waals surface area contributed by atoms with Crippen molar-refractivity contribution in [3.05, 3.63) is 37.1 Å². The molecular formula is C15H14N5U-. The minimum Gasteiger partial charge on any atom is -0.406 e. The third kappa shape index (κ3) is 2.70. The summed E-state index contributed by atoms with van der Waals surface area (Å²) in [6, 6.07) is 4.69. The van der Waals surface area contributed by atoms with Gasteiger partial charge < -0.3 is 19.9 Å². The van der Waals surface area contributed by atoms with Gasteiger partial charge in [-0.3, -0.25) is 4.98 Å². The smallest absolute Gasteiger partial charge is 0.0578 e. The third-order valence-corrected chi connectivity index (χ3v) is 3.68. The molecule has 0 radical (unpaired) electrons. The predicted octanol–water partition coefficient (Wildman–Crippen LogP) is 2.40. The van der Waals surface area contributed by atoms with Crippen LogP contribution in [0.15, 0.2) is 30.9 Å². The van der Waals surface area contributed by atoms with Gasteiger partial charge in [0.15, 0.2) is 0 Å². The maximum Gasteiger partial charge on any atom is 0.0578 e. The molecule has 4 rings (SSSR count). The van der Waals surface area contributed by atoms with Crippen molar-refractivity contribution in [1.29, 1.82) is 0 Å². The van der Waals surface area contributed by atoms with Crippen molar-refractivity contribution in [2.45, 2.75) is 18.9 Å². The largest absolute Gasteiger partial charge is 0.406 e. The van der Waals surface area contributed by atoms with Crippen molar-refractivity contribution in [3.8, 4) is 11.3 Å². The molecule has 1 fully saturated rings. The van der Waals surface area contributed by atoms with E-state index in [0.717, 1.165) is 28.0 Å². The number of nitrogens with zero attached hydrogens (tertiary/aromatic N) is 4. The van der Waals surface area contributed by atoms with Crippen LogP contribution in [0.5, 0.6) is 0 Å². The maximum absolute atomic E-state index is 4.36. The Balaban J connectivity index is 0.00000132. The quantitative estimate of drug-likeness (QED) is 0.560. The molecule has 0 atom stereocenters. The van der Waals surface area contributed by atoms with E-state index in [9.17, 15) is 0 Å². The van der Waals surface area contributed by atoms with Crippen LogP contribution in [-0.2, 0) is 7.05 Å². The molecule has 1 aliphatic rings. The normalized spacial score (nSPS) is 14.0. The zero-order chi connectivity index (χ0) is 13.5. The molecule has 0 unspecified atom stereocenters. The molecule has 1 N–H and O–H groups in total. The molecule has 1 saturated carbocycles. The van der Waals surface area contributed by atoms with Crippen molar-refractivity contribution in [3.63, 3.8) is 0 Å². The second kappa shape index (κ2) is 5.78. The van der Waals surface area contributed by atoms with Gasteiger partial charge in [-0.15, -0.1) is 0 Å². The molecule has 3 heterocycles. The van der Waals surface area contributed by atoms with E-state index in [4.69, 9.17) is 0 Å².